The molecule has 1 aromatic carbocycles. The standard InChI is InChI=1S/C22H28/c1-15(2)22(17(4)14-16(3)18-8-5-9-18)21-13-7-11-19-10-6-12-20(19)21/h7,11,13-14,18H,3,5-6,8-10,12H2,1-2,4H3/b17-14-. The molecule has 0 bridgehead atoms. The van der Waals surface area contributed by atoms with E-state index in [1.807, 2.05) is 0 Å². The van der Waals surface area contributed by atoms with Crippen molar-refractivity contribution in [2.75, 3.05) is 0 Å². The monoisotopic (exact) mass is 292 g/mol. The quantitative estimate of drug-likeness (QED) is 0.574. The van der Waals surface area contributed by atoms with Gasteiger partial charge in [-0.15, -0.1) is 0 Å². The molecule has 0 aliphatic heterocycles. The van der Waals surface area contributed by atoms with Gasteiger partial charge in [0, 0.05) is 0 Å². The van der Waals surface area contributed by atoms with Crippen LogP contribution in [0, 0.1) is 5.92 Å². The van der Waals surface area contributed by atoms with Crippen molar-refractivity contribution in [1.82, 2.24) is 0 Å². The van der Waals surface area contributed by atoms with Crippen molar-refractivity contribution in [3.63, 3.8) is 0 Å². The van der Waals surface area contributed by atoms with Crippen LogP contribution in [0.15, 0.2) is 47.6 Å². The first-order valence-electron chi connectivity index (χ1n) is 8.74. The van der Waals surface area contributed by atoms with E-state index in [1.165, 1.54) is 66.4 Å². The van der Waals surface area contributed by atoms with Gasteiger partial charge in [0.2, 0.25) is 0 Å². The second kappa shape index (κ2) is 6.28. The molecule has 0 aromatic heterocycles. The van der Waals surface area contributed by atoms with E-state index in [4.69, 9.17) is 0 Å². The fourth-order valence-electron chi connectivity index (χ4n) is 3.98. The number of aryl methyl sites for hydroxylation is 1. The van der Waals surface area contributed by atoms with Crippen LogP contribution < -0.4 is 0 Å². The second-order valence-electron chi connectivity index (χ2n) is 7.20. The van der Waals surface area contributed by atoms with Crippen LogP contribution in [0.3, 0.4) is 0 Å². The maximum atomic E-state index is 4.33. The van der Waals surface area contributed by atoms with Crippen molar-refractivity contribution < 1.29 is 0 Å². The van der Waals surface area contributed by atoms with E-state index in [-0.39, 0.29) is 0 Å². The lowest BCUT2D eigenvalue weighted by molar-refractivity contribution is 0.375. The molecule has 0 atom stereocenters. The molecular formula is C22H28. The summed E-state index contributed by atoms with van der Waals surface area (Å²) in [6.45, 7) is 11.1. The predicted octanol–water partition coefficient (Wildman–Crippen LogP) is 6.27. The number of rotatable bonds is 4. The Kier molecular flexibility index (Phi) is 4.38. The minimum Gasteiger partial charge on any atom is -0.0955 e. The highest BCUT2D eigenvalue weighted by Gasteiger charge is 2.21. The first-order chi connectivity index (χ1) is 10.6. The SMILES string of the molecule is C=C(/C=C(/C)C(=C(C)C)c1cccc2c1CCC2)C1CCC1. The normalized spacial score (nSPS) is 17.9. The van der Waals surface area contributed by atoms with Crippen LogP contribution in [-0.4, -0.2) is 0 Å². The summed E-state index contributed by atoms with van der Waals surface area (Å²) in [5.41, 5.74) is 10.2. The predicted molar refractivity (Wildman–Crippen MR) is 97.0 cm³/mol. The minimum atomic E-state index is 0.731. The van der Waals surface area contributed by atoms with Gasteiger partial charge in [-0.05, 0) is 86.6 Å². The maximum Gasteiger partial charge on any atom is -0.0147 e. The number of benzene rings is 1. The number of fused-ring (bicyclic) bond motifs is 1. The highest BCUT2D eigenvalue weighted by molar-refractivity contribution is 5.83. The molecule has 0 heterocycles. The zero-order valence-corrected chi connectivity index (χ0v) is 14.3. The largest absolute Gasteiger partial charge is 0.0955 e. The zero-order chi connectivity index (χ0) is 15.7. The number of hydrogen-bond donors (Lipinski definition) is 0. The molecule has 2 aliphatic carbocycles. The Labute approximate surface area is 135 Å². The van der Waals surface area contributed by atoms with E-state index in [9.17, 15) is 0 Å². The Balaban J connectivity index is 1.98. The lowest BCUT2D eigenvalue weighted by atomic mass is 9.79. The molecule has 0 N–H and O–H groups in total. The average molecular weight is 292 g/mol. The van der Waals surface area contributed by atoms with Crippen molar-refractivity contribution in [1.29, 1.82) is 0 Å². The zero-order valence-electron chi connectivity index (χ0n) is 14.3. The second-order valence-corrected chi connectivity index (χ2v) is 7.20. The lowest BCUT2D eigenvalue weighted by Gasteiger charge is -2.26. The van der Waals surface area contributed by atoms with Crippen molar-refractivity contribution >= 4 is 5.57 Å². The summed E-state index contributed by atoms with van der Waals surface area (Å²) in [6.07, 6.45) is 10.2. The van der Waals surface area contributed by atoms with Gasteiger partial charge in [-0.25, -0.2) is 0 Å². The summed E-state index contributed by atoms with van der Waals surface area (Å²) in [4.78, 5) is 0. The molecule has 116 valence electrons. The minimum absolute atomic E-state index is 0.731. The molecule has 0 heteroatoms. The smallest absolute Gasteiger partial charge is 0.0147 e. The number of hydrogen-bond acceptors (Lipinski definition) is 0. The van der Waals surface area contributed by atoms with E-state index in [0.29, 0.717) is 0 Å². The van der Waals surface area contributed by atoms with Gasteiger partial charge in [-0.2, -0.15) is 0 Å². The fourth-order valence-corrected chi connectivity index (χ4v) is 3.98. The fraction of sp³-hybridized carbons (Fsp3) is 0.455. The molecule has 1 saturated carbocycles. The molecule has 22 heavy (non-hydrogen) atoms. The van der Waals surface area contributed by atoms with E-state index in [0.717, 1.165) is 5.92 Å². The van der Waals surface area contributed by atoms with Gasteiger partial charge in [0.15, 0.2) is 0 Å². The summed E-state index contributed by atoms with van der Waals surface area (Å²) in [5, 5.41) is 0. The molecule has 2 aliphatic rings. The van der Waals surface area contributed by atoms with Crippen LogP contribution >= 0.6 is 0 Å². The summed E-state index contributed by atoms with van der Waals surface area (Å²) < 4.78 is 0. The Hall–Kier alpha value is -1.56. The molecule has 1 fully saturated rings. The van der Waals surface area contributed by atoms with Gasteiger partial charge in [0.1, 0.15) is 0 Å². The third-order valence-corrected chi connectivity index (χ3v) is 5.34. The third-order valence-electron chi connectivity index (χ3n) is 5.34. The number of allylic oxidation sites excluding steroid dienone is 5. The van der Waals surface area contributed by atoms with E-state index in [1.54, 1.807) is 11.1 Å². The third kappa shape index (κ3) is 2.84. The van der Waals surface area contributed by atoms with Crippen LogP contribution in [0.2, 0.25) is 0 Å². The van der Waals surface area contributed by atoms with Crippen LogP contribution in [0.5, 0.6) is 0 Å². The van der Waals surface area contributed by atoms with Gasteiger partial charge in [-0.1, -0.05) is 48.4 Å². The van der Waals surface area contributed by atoms with Gasteiger partial charge >= 0.3 is 0 Å². The van der Waals surface area contributed by atoms with Crippen LogP contribution in [0.25, 0.3) is 5.57 Å². The summed E-state index contributed by atoms with van der Waals surface area (Å²) in [6, 6.07) is 6.85. The lowest BCUT2D eigenvalue weighted by Crippen LogP contribution is -2.12. The van der Waals surface area contributed by atoms with Gasteiger partial charge in [-0.3, -0.25) is 0 Å². The summed E-state index contributed by atoms with van der Waals surface area (Å²) >= 11 is 0. The van der Waals surface area contributed by atoms with E-state index >= 15 is 0 Å². The van der Waals surface area contributed by atoms with Gasteiger partial charge in [0.25, 0.3) is 0 Å². The van der Waals surface area contributed by atoms with Crippen molar-refractivity contribution in [3.8, 4) is 0 Å². The van der Waals surface area contributed by atoms with Gasteiger partial charge < -0.3 is 0 Å². The molecule has 1 aromatic rings. The van der Waals surface area contributed by atoms with Crippen molar-refractivity contribution in [2.24, 2.45) is 5.92 Å². The molecule has 0 radical (unpaired) electrons. The first-order valence-corrected chi connectivity index (χ1v) is 8.74. The van der Waals surface area contributed by atoms with Crippen LogP contribution in [-0.2, 0) is 12.8 Å². The Morgan fingerprint density at radius 2 is 1.86 bits per heavy atom. The van der Waals surface area contributed by atoms with Crippen LogP contribution in [0.4, 0.5) is 0 Å². The van der Waals surface area contributed by atoms with Crippen molar-refractivity contribution in [2.45, 2.75) is 59.3 Å². The van der Waals surface area contributed by atoms with E-state index < -0.39 is 0 Å². The molecule has 0 saturated heterocycles. The Morgan fingerprint density at radius 1 is 1.09 bits per heavy atom. The topological polar surface area (TPSA) is 0 Å². The summed E-state index contributed by atoms with van der Waals surface area (Å²) in [5.74, 6) is 0.731. The Morgan fingerprint density at radius 3 is 2.50 bits per heavy atom. The molecule has 0 amide bonds. The van der Waals surface area contributed by atoms with Crippen molar-refractivity contribution in [3.05, 3.63) is 64.3 Å². The average Bonchev–Trinajstić information content (AvgIpc) is 2.85. The first kappa shape index (κ1) is 15.3. The molecule has 0 nitrogen and oxygen atoms in total. The Bertz CT molecular complexity index is 647. The molecule has 0 unspecified atom stereocenters. The molecule has 0 spiro atoms. The van der Waals surface area contributed by atoms with Crippen LogP contribution in [0.1, 0.15) is 63.1 Å². The maximum absolute atomic E-state index is 4.33. The molecule has 3 rings (SSSR count). The van der Waals surface area contributed by atoms with E-state index in [2.05, 4.69) is 51.6 Å². The molecular weight excluding hydrogens is 264 g/mol. The van der Waals surface area contributed by atoms with Gasteiger partial charge in [0.05, 0.1) is 0 Å². The summed E-state index contributed by atoms with van der Waals surface area (Å²) in [7, 11) is 0. The highest BCUT2D eigenvalue weighted by atomic mass is 14.3. The highest BCUT2D eigenvalue weighted by Crippen LogP contribution is 2.37.